The lowest BCUT2D eigenvalue weighted by Gasteiger charge is -2.43. The Labute approximate surface area is 217 Å². The van der Waals surface area contributed by atoms with E-state index in [2.05, 4.69) is 5.32 Å². The number of fused-ring (bicyclic) bond motifs is 5. The van der Waals surface area contributed by atoms with Crippen LogP contribution in [0.25, 0.3) is 0 Å². The maximum absolute atomic E-state index is 13.6. The number of amides is 3. The Bertz CT molecular complexity index is 1260. The molecule has 9 heteroatoms. The van der Waals surface area contributed by atoms with E-state index in [1.54, 1.807) is 26.4 Å². The molecule has 0 spiro atoms. The van der Waals surface area contributed by atoms with Crippen molar-refractivity contribution in [3.63, 3.8) is 0 Å². The fourth-order valence-electron chi connectivity index (χ4n) is 6.07. The van der Waals surface area contributed by atoms with Gasteiger partial charge in [0.05, 0.1) is 14.2 Å². The molecule has 3 aliphatic heterocycles. The second kappa shape index (κ2) is 10.1. The lowest BCUT2D eigenvalue weighted by Crippen LogP contribution is -2.57. The van der Waals surface area contributed by atoms with Gasteiger partial charge in [-0.3, -0.25) is 9.59 Å². The van der Waals surface area contributed by atoms with E-state index in [0.717, 1.165) is 23.2 Å². The third-order valence-corrected chi connectivity index (χ3v) is 8.01. The number of likely N-dealkylation sites (tertiary alicyclic amines) is 1. The average Bonchev–Trinajstić information content (AvgIpc) is 2.90. The van der Waals surface area contributed by atoms with Gasteiger partial charge in [-0.05, 0) is 54.0 Å². The first-order chi connectivity index (χ1) is 17.8. The van der Waals surface area contributed by atoms with Crippen molar-refractivity contribution in [1.29, 1.82) is 0 Å². The van der Waals surface area contributed by atoms with Crippen LogP contribution in [0.5, 0.6) is 11.5 Å². The smallest absolute Gasteiger partial charge is 0.318 e. The highest BCUT2D eigenvalue weighted by molar-refractivity contribution is 5.87. The van der Waals surface area contributed by atoms with Crippen LogP contribution in [-0.2, 0) is 24.3 Å². The average molecular weight is 509 g/mol. The van der Waals surface area contributed by atoms with Gasteiger partial charge >= 0.3 is 6.03 Å². The number of ether oxygens (including phenoxy) is 2. The standard InChI is InChI=1S/C28H36N4O5/c1-17(2)26(27(34)30-9-8-19-11-23(36-3)24(37-4)12-20(19)15-30)29-28(35)31-13-18-10-21(16-31)22-6-5-7-25(33)32(22)14-18/h5-7,11-12,17-18,21,26H,8-10,13-16H2,1-4H3,(H,29,35)/t18?,21?,26-/m0/s1. The van der Waals surface area contributed by atoms with Crippen LogP contribution in [0.2, 0.25) is 0 Å². The van der Waals surface area contributed by atoms with Crippen LogP contribution in [-0.4, -0.2) is 66.2 Å². The summed E-state index contributed by atoms with van der Waals surface area (Å²) in [6.07, 6.45) is 1.69. The number of benzene rings is 1. The molecule has 0 aliphatic carbocycles. The Kier molecular flexibility index (Phi) is 6.88. The van der Waals surface area contributed by atoms with Gasteiger partial charge in [0.1, 0.15) is 6.04 Å². The topological polar surface area (TPSA) is 93.1 Å². The minimum Gasteiger partial charge on any atom is -0.493 e. The summed E-state index contributed by atoms with van der Waals surface area (Å²) in [7, 11) is 3.22. The fourth-order valence-corrected chi connectivity index (χ4v) is 6.07. The van der Waals surface area contributed by atoms with E-state index >= 15 is 0 Å². The summed E-state index contributed by atoms with van der Waals surface area (Å²) in [5.41, 5.74) is 3.20. The van der Waals surface area contributed by atoms with E-state index in [9.17, 15) is 14.4 Å². The molecule has 5 rings (SSSR count). The lowest BCUT2D eigenvalue weighted by atomic mass is 9.83. The van der Waals surface area contributed by atoms with E-state index in [4.69, 9.17) is 9.47 Å². The molecule has 1 N–H and O–H groups in total. The summed E-state index contributed by atoms with van der Waals surface area (Å²) in [6.45, 7) is 6.73. The van der Waals surface area contributed by atoms with Gasteiger partial charge in [0.15, 0.2) is 11.5 Å². The molecular formula is C28H36N4O5. The van der Waals surface area contributed by atoms with E-state index in [1.807, 2.05) is 46.4 Å². The van der Waals surface area contributed by atoms with E-state index in [0.29, 0.717) is 50.6 Å². The Morgan fingerprint density at radius 2 is 1.73 bits per heavy atom. The second-order valence-electron chi connectivity index (χ2n) is 10.8. The molecule has 1 saturated heterocycles. The highest BCUT2D eigenvalue weighted by atomic mass is 16.5. The van der Waals surface area contributed by atoms with Gasteiger partial charge in [-0.15, -0.1) is 0 Å². The summed E-state index contributed by atoms with van der Waals surface area (Å²) in [4.78, 5) is 43.0. The minimum absolute atomic E-state index is 0.0229. The highest BCUT2D eigenvalue weighted by Gasteiger charge is 2.38. The predicted octanol–water partition coefficient (Wildman–Crippen LogP) is 2.60. The van der Waals surface area contributed by atoms with Crippen LogP contribution in [0.15, 0.2) is 35.1 Å². The highest BCUT2D eigenvalue weighted by Crippen LogP contribution is 2.35. The number of carbonyl (C=O) groups is 2. The summed E-state index contributed by atoms with van der Waals surface area (Å²) in [6, 6.07) is 8.47. The maximum Gasteiger partial charge on any atom is 0.318 e. The van der Waals surface area contributed by atoms with Crippen LogP contribution < -0.4 is 20.3 Å². The number of hydrogen-bond acceptors (Lipinski definition) is 5. The molecule has 3 amide bonds. The molecule has 2 unspecified atom stereocenters. The third kappa shape index (κ3) is 4.79. The van der Waals surface area contributed by atoms with Gasteiger partial charge in [-0.2, -0.15) is 0 Å². The van der Waals surface area contributed by atoms with Crippen LogP contribution in [0.4, 0.5) is 4.79 Å². The molecule has 1 aromatic carbocycles. The van der Waals surface area contributed by atoms with Crippen molar-refractivity contribution in [2.24, 2.45) is 11.8 Å². The quantitative estimate of drug-likeness (QED) is 0.670. The van der Waals surface area contributed by atoms with Crippen molar-refractivity contribution < 1.29 is 19.1 Å². The van der Waals surface area contributed by atoms with Gasteiger partial charge in [0, 0.05) is 50.4 Å². The predicted molar refractivity (Wildman–Crippen MR) is 139 cm³/mol. The summed E-state index contributed by atoms with van der Waals surface area (Å²) < 4.78 is 12.7. The zero-order valence-corrected chi connectivity index (χ0v) is 22.0. The van der Waals surface area contributed by atoms with Gasteiger partial charge in [0.2, 0.25) is 5.91 Å². The van der Waals surface area contributed by atoms with Crippen molar-refractivity contribution in [1.82, 2.24) is 19.7 Å². The number of piperidine rings is 1. The number of nitrogens with zero attached hydrogens (tertiary/aromatic N) is 3. The molecule has 1 fully saturated rings. The van der Waals surface area contributed by atoms with E-state index in [-0.39, 0.29) is 35.3 Å². The molecule has 37 heavy (non-hydrogen) atoms. The number of pyridine rings is 1. The fraction of sp³-hybridized carbons (Fsp3) is 0.536. The Morgan fingerprint density at radius 3 is 2.43 bits per heavy atom. The van der Waals surface area contributed by atoms with Crippen molar-refractivity contribution >= 4 is 11.9 Å². The molecule has 0 saturated carbocycles. The molecule has 3 aliphatic rings. The number of carbonyl (C=O) groups excluding carboxylic acids is 2. The Morgan fingerprint density at radius 1 is 1.00 bits per heavy atom. The van der Waals surface area contributed by atoms with Crippen molar-refractivity contribution in [2.45, 2.75) is 51.7 Å². The van der Waals surface area contributed by atoms with E-state index < -0.39 is 6.04 Å². The molecule has 0 radical (unpaired) electrons. The largest absolute Gasteiger partial charge is 0.493 e. The maximum atomic E-state index is 13.6. The van der Waals surface area contributed by atoms with Crippen LogP contribution in [0, 0.1) is 11.8 Å². The SMILES string of the molecule is COc1cc2c(cc1OC)CN(C(=O)[C@@H](NC(=O)N1CC3CC(C1)c1cccc(=O)n1C3)C(C)C)CC2. The van der Waals surface area contributed by atoms with E-state index in [1.165, 1.54) is 0 Å². The molecule has 2 bridgehead atoms. The second-order valence-corrected chi connectivity index (χ2v) is 10.8. The first kappa shape index (κ1) is 25.2. The van der Waals surface area contributed by atoms with Gasteiger partial charge in [-0.1, -0.05) is 19.9 Å². The van der Waals surface area contributed by atoms with Gasteiger partial charge < -0.3 is 29.2 Å². The first-order valence-electron chi connectivity index (χ1n) is 13.1. The normalized spacial score (nSPS) is 21.1. The number of nitrogens with one attached hydrogen (secondary N) is 1. The van der Waals surface area contributed by atoms with Crippen LogP contribution in [0.3, 0.4) is 0 Å². The molecule has 4 heterocycles. The molecule has 3 atom stereocenters. The zero-order chi connectivity index (χ0) is 26.3. The molecule has 198 valence electrons. The van der Waals surface area contributed by atoms with Crippen molar-refractivity contribution in [3.05, 3.63) is 57.5 Å². The summed E-state index contributed by atoms with van der Waals surface area (Å²) in [5.74, 6) is 1.56. The Balaban J connectivity index is 1.28. The minimum atomic E-state index is -0.620. The van der Waals surface area contributed by atoms with Crippen LogP contribution >= 0.6 is 0 Å². The van der Waals surface area contributed by atoms with Crippen molar-refractivity contribution in [3.8, 4) is 11.5 Å². The molecule has 2 aromatic rings. The third-order valence-electron chi connectivity index (χ3n) is 8.01. The number of aromatic nitrogens is 1. The number of urea groups is 1. The van der Waals surface area contributed by atoms with Gasteiger partial charge in [0.25, 0.3) is 5.56 Å². The first-order valence-corrected chi connectivity index (χ1v) is 13.1. The van der Waals surface area contributed by atoms with Crippen molar-refractivity contribution in [2.75, 3.05) is 33.9 Å². The van der Waals surface area contributed by atoms with Gasteiger partial charge in [-0.25, -0.2) is 4.79 Å². The lowest BCUT2D eigenvalue weighted by molar-refractivity contribution is -0.135. The number of methoxy groups -OCH3 is 2. The number of rotatable bonds is 5. The Hall–Kier alpha value is -3.49. The molecule has 9 nitrogen and oxygen atoms in total. The monoisotopic (exact) mass is 508 g/mol. The zero-order valence-electron chi connectivity index (χ0n) is 22.0. The number of hydrogen-bond donors (Lipinski definition) is 1. The summed E-state index contributed by atoms with van der Waals surface area (Å²) >= 11 is 0. The molecular weight excluding hydrogens is 472 g/mol. The van der Waals surface area contributed by atoms with Crippen LogP contribution in [0.1, 0.15) is 43.0 Å². The molecule has 1 aromatic heterocycles. The summed E-state index contributed by atoms with van der Waals surface area (Å²) in [5, 5.41) is 3.06.